The molecule has 0 aliphatic heterocycles. The van der Waals surface area contributed by atoms with Gasteiger partial charge in [-0.25, -0.2) is 17.9 Å². The van der Waals surface area contributed by atoms with Crippen LogP contribution in [0.4, 0.5) is 0 Å². The Labute approximate surface area is 164 Å². The van der Waals surface area contributed by atoms with Gasteiger partial charge in [-0.15, -0.1) is 0 Å². The SMILES string of the molecule is CN(Cc1ccccc1)C(=O)COC(=O)c1ccc(S(=O)(=O)NC2CC2)cc1. The third-order valence-electron chi connectivity index (χ3n) is 4.31. The van der Waals surface area contributed by atoms with E-state index in [1.807, 2.05) is 30.3 Å². The van der Waals surface area contributed by atoms with Crippen LogP contribution in [0.15, 0.2) is 59.5 Å². The summed E-state index contributed by atoms with van der Waals surface area (Å²) < 4.78 is 31.9. The van der Waals surface area contributed by atoms with E-state index in [0.29, 0.717) is 6.54 Å². The average Bonchev–Trinajstić information content (AvgIpc) is 3.50. The van der Waals surface area contributed by atoms with Gasteiger partial charge in [0.1, 0.15) is 0 Å². The van der Waals surface area contributed by atoms with Gasteiger partial charge >= 0.3 is 5.97 Å². The van der Waals surface area contributed by atoms with Gasteiger partial charge in [-0.3, -0.25) is 4.79 Å². The first-order valence-electron chi connectivity index (χ1n) is 8.92. The summed E-state index contributed by atoms with van der Waals surface area (Å²) in [6.45, 7) is 0.0310. The van der Waals surface area contributed by atoms with Crippen LogP contribution in [0.5, 0.6) is 0 Å². The van der Waals surface area contributed by atoms with Crippen LogP contribution in [0.2, 0.25) is 0 Å². The Morgan fingerprint density at radius 3 is 2.32 bits per heavy atom. The number of nitrogens with one attached hydrogen (secondary N) is 1. The molecule has 0 radical (unpaired) electrons. The summed E-state index contributed by atoms with van der Waals surface area (Å²) in [7, 11) is -1.93. The van der Waals surface area contributed by atoms with Gasteiger partial charge in [0, 0.05) is 19.6 Å². The van der Waals surface area contributed by atoms with E-state index in [-0.39, 0.29) is 29.0 Å². The highest BCUT2D eigenvalue weighted by molar-refractivity contribution is 7.89. The van der Waals surface area contributed by atoms with Crippen molar-refractivity contribution in [2.45, 2.75) is 30.3 Å². The van der Waals surface area contributed by atoms with Crippen molar-refractivity contribution in [1.29, 1.82) is 0 Å². The molecule has 3 rings (SSSR count). The van der Waals surface area contributed by atoms with E-state index >= 15 is 0 Å². The van der Waals surface area contributed by atoms with E-state index in [1.165, 1.54) is 29.2 Å². The quantitative estimate of drug-likeness (QED) is 0.681. The Balaban J connectivity index is 1.52. The van der Waals surface area contributed by atoms with Crippen molar-refractivity contribution in [2.24, 2.45) is 0 Å². The van der Waals surface area contributed by atoms with Crippen molar-refractivity contribution in [3.63, 3.8) is 0 Å². The number of rotatable bonds is 8. The number of likely N-dealkylation sites (N-methyl/N-ethyl adjacent to an activating group) is 1. The molecule has 1 fully saturated rings. The van der Waals surface area contributed by atoms with Crippen LogP contribution in [-0.4, -0.2) is 44.9 Å². The molecule has 1 N–H and O–H groups in total. The third-order valence-corrected chi connectivity index (χ3v) is 5.85. The zero-order valence-corrected chi connectivity index (χ0v) is 16.3. The Bertz CT molecular complexity index is 938. The van der Waals surface area contributed by atoms with Gasteiger partial charge in [0.05, 0.1) is 10.5 Å². The molecule has 0 heterocycles. The predicted octanol–water partition coefficient (Wildman–Crippen LogP) is 1.94. The molecule has 1 amide bonds. The monoisotopic (exact) mass is 402 g/mol. The van der Waals surface area contributed by atoms with Crippen LogP contribution >= 0.6 is 0 Å². The Morgan fingerprint density at radius 2 is 1.71 bits per heavy atom. The predicted molar refractivity (Wildman–Crippen MR) is 103 cm³/mol. The lowest BCUT2D eigenvalue weighted by Gasteiger charge is -2.17. The lowest BCUT2D eigenvalue weighted by Crippen LogP contribution is -2.30. The van der Waals surface area contributed by atoms with Gasteiger partial charge in [0.25, 0.3) is 5.91 Å². The van der Waals surface area contributed by atoms with E-state index in [2.05, 4.69) is 4.72 Å². The van der Waals surface area contributed by atoms with Gasteiger partial charge in [-0.2, -0.15) is 0 Å². The summed E-state index contributed by atoms with van der Waals surface area (Å²) in [6, 6.07) is 14.9. The Kier molecular flexibility index (Phi) is 6.11. The van der Waals surface area contributed by atoms with Crippen molar-refractivity contribution < 1.29 is 22.7 Å². The molecule has 148 valence electrons. The molecule has 0 aromatic heterocycles. The fraction of sp³-hybridized carbons (Fsp3) is 0.300. The second kappa shape index (κ2) is 8.53. The average molecular weight is 402 g/mol. The number of hydrogen-bond acceptors (Lipinski definition) is 5. The smallest absolute Gasteiger partial charge is 0.338 e. The minimum atomic E-state index is -3.57. The van der Waals surface area contributed by atoms with E-state index < -0.39 is 16.0 Å². The fourth-order valence-electron chi connectivity index (χ4n) is 2.53. The van der Waals surface area contributed by atoms with E-state index in [0.717, 1.165) is 18.4 Å². The first kappa shape index (κ1) is 20.0. The highest BCUT2D eigenvalue weighted by Crippen LogP contribution is 2.22. The molecule has 0 unspecified atom stereocenters. The molecule has 8 heteroatoms. The topological polar surface area (TPSA) is 92.8 Å². The molecular formula is C20H22N2O5S. The molecule has 1 aliphatic carbocycles. The molecule has 0 atom stereocenters. The van der Waals surface area contributed by atoms with Crippen LogP contribution in [0, 0.1) is 0 Å². The molecule has 0 bridgehead atoms. The van der Waals surface area contributed by atoms with E-state index in [4.69, 9.17) is 4.74 Å². The van der Waals surface area contributed by atoms with Crippen LogP contribution < -0.4 is 4.72 Å². The normalized spacial score (nSPS) is 13.8. The number of hydrogen-bond donors (Lipinski definition) is 1. The van der Waals surface area contributed by atoms with Crippen LogP contribution in [0.25, 0.3) is 0 Å². The molecule has 0 saturated heterocycles. The highest BCUT2D eigenvalue weighted by atomic mass is 32.2. The van der Waals surface area contributed by atoms with Gasteiger partial charge in [-0.05, 0) is 42.7 Å². The van der Waals surface area contributed by atoms with Gasteiger partial charge in [0.2, 0.25) is 10.0 Å². The van der Waals surface area contributed by atoms with E-state index in [9.17, 15) is 18.0 Å². The maximum absolute atomic E-state index is 12.1. The van der Waals surface area contributed by atoms with Crippen molar-refractivity contribution in [3.05, 3.63) is 65.7 Å². The number of amides is 1. The summed E-state index contributed by atoms with van der Waals surface area (Å²) >= 11 is 0. The number of benzene rings is 2. The van der Waals surface area contributed by atoms with E-state index in [1.54, 1.807) is 7.05 Å². The van der Waals surface area contributed by atoms with Gasteiger partial charge in [0.15, 0.2) is 6.61 Å². The molecule has 2 aromatic carbocycles. The van der Waals surface area contributed by atoms with Crippen molar-refractivity contribution in [1.82, 2.24) is 9.62 Å². The number of esters is 1. The summed E-state index contributed by atoms with van der Waals surface area (Å²) in [5.74, 6) is -1.01. The number of carbonyl (C=O) groups is 2. The largest absolute Gasteiger partial charge is 0.452 e. The number of sulfonamides is 1. The van der Waals surface area contributed by atoms with Crippen LogP contribution in [0.3, 0.4) is 0 Å². The lowest BCUT2D eigenvalue weighted by molar-refractivity contribution is -0.133. The first-order valence-corrected chi connectivity index (χ1v) is 10.4. The van der Waals surface area contributed by atoms with Gasteiger partial charge < -0.3 is 9.64 Å². The molecule has 1 saturated carbocycles. The standard InChI is InChI=1S/C20H22N2O5S/c1-22(13-15-5-3-2-4-6-15)19(23)14-27-20(24)16-7-11-18(12-8-16)28(25,26)21-17-9-10-17/h2-8,11-12,17,21H,9-10,13-14H2,1H3. The first-order chi connectivity index (χ1) is 13.3. The number of nitrogens with zero attached hydrogens (tertiary/aromatic N) is 1. The van der Waals surface area contributed by atoms with Crippen molar-refractivity contribution in [2.75, 3.05) is 13.7 Å². The van der Waals surface area contributed by atoms with Crippen molar-refractivity contribution in [3.8, 4) is 0 Å². The number of ether oxygens (including phenoxy) is 1. The lowest BCUT2D eigenvalue weighted by atomic mass is 10.2. The summed E-state index contributed by atoms with van der Waals surface area (Å²) in [4.78, 5) is 25.8. The molecule has 1 aliphatic rings. The highest BCUT2D eigenvalue weighted by Gasteiger charge is 2.28. The summed E-state index contributed by atoms with van der Waals surface area (Å²) in [6.07, 6.45) is 1.69. The molecule has 7 nitrogen and oxygen atoms in total. The Hall–Kier alpha value is -2.71. The number of carbonyl (C=O) groups excluding carboxylic acids is 2. The maximum Gasteiger partial charge on any atom is 0.338 e. The summed E-state index contributed by atoms with van der Waals surface area (Å²) in [5, 5.41) is 0. The second-order valence-electron chi connectivity index (χ2n) is 6.73. The molecule has 2 aromatic rings. The fourth-order valence-corrected chi connectivity index (χ4v) is 3.83. The van der Waals surface area contributed by atoms with Gasteiger partial charge in [-0.1, -0.05) is 30.3 Å². The second-order valence-corrected chi connectivity index (χ2v) is 8.45. The molecule has 0 spiro atoms. The molecular weight excluding hydrogens is 380 g/mol. The zero-order chi connectivity index (χ0) is 20.1. The minimum Gasteiger partial charge on any atom is -0.452 e. The Morgan fingerprint density at radius 1 is 1.07 bits per heavy atom. The van der Waals surface area contributed by atoms with Crippen LogP contribution in [0.1, 0.15) is 28.8 Å². The van der Waals surface area contributed by atoms with Crippen LogP contribution in [-0.2, 0) is 26.1 Å². The van der Waals surface area contributed by atoms with Crippen molar-refractivity contribution >= 4 is 21.9 Å². The maximum atomic E-state index is 12.1. The summed E-state index contributed by atoms with van der Waals surface area (Å²) in [5.41, 5.74) is 1.16. The third kappa shape index (κ3) is 5.40. The minimum absolute atomic E-state index is 0.00790. The molecule has 28 heavy (non-hydrogen) atoms. The zero-order valence-electron chi connectivity index (χ0n) is 15.5.